The first-order chi connectivity index (χ1) is 13.8. The molecule has 5 rings (SSSR count). The summed E-state index contributed by atoms with van der Waals surface area (Å²) in [7, 11) is 0. The second kappa shape index (κ2) is 6.33. The molecule has 3 saturated carbocycles. The maximum atomic E-state index is 14.3. The van der Waals surface area contributed by atoms with Crippen molar-refractivity contribution in [2.24, 2.45) is 29.1 Å². The molecule has 150 valence electrons. The van der Waals surface area contributed by atoms with Crippen LogP contribution in [0.3, 0.4) is 0 Å². The van der Waals surface area contributed by atoms with Crippen molar-refractivity contribution in [1.29, 1.82) is 0 Å². The minimum atomic E-state index is -0.406. The second-order valence-corrected chi connectivity index (χ2v) is 10.0. The standard InChI is InChI=1S/C26H27FO2/c1-5-20-22(27)7-6-15-10-19(11-21(14(2)3)24(15)20)29-25(28)26(4)12-17-8-16-9-18(13-26)23(16)17/h1,6-7,10-11,14,16-18,23H,8-9,12-13H2,2-4H3. The lowest BCUT2D eigenvalue weighted by Gasteiger charge is -2.64. The maximum absolute atomic E-state index is 14.3. The molecular formula is C26H27FO2. The van der Waals surface area contributed by atoms with Gasteiger partial charge in [0.25, 0.3) is 0 Å². The van der Waals surface area contributed by atoms with Gasteiger partial charge >= 0.3 is 5.97 Å². The van der Waals surface area contributed by atoms with E-state index in [1.807, 2.05) is 26.0 Å². The van der Waals surface area contributed by atoms with Gasteiger partial charge in [0, 0.05) is 5.39 Å². The fraction of sp³-hybridized carbons (Fsp3) is 0.500. The molecule has 2 aromatic rings. The molecule has 0 radical (unpaired) electrons. The fourth-order valence-electron chi connectivity index (χ4n) is 6.44. The smallest absolute Gasteiger partial charge is 0.317 e. The van der Waals surface area contributed by atoms with Gasteiger partial charge in [-0.05, 0) is 91.3 Å². The first kappa shape index (κ1) is 18.7. The van der Waals surface area contributed by atoms with Crippen LogP contribution in [0.1, 0.15) is 63.5 Å². The first-order valence-corrected chi connectivity index (χ1v) is 10.8. The third kappa shape index (κ3) is 2.72. The minimum Gasteiger partial charge on any atom is -0.426 e. The van der Waals surface area contributed by atoms with Crippen LogP contribution in [0.2, 0.25) is 0 Å². The van der Waals surface area contributed by atoms with Crippen molar-refractivity contribution in [2.45, 2.75) is 52.4 Å². The number of esters is 1. The van der Waals surface area contributed by atoms with Gasteiger partial charge in [-0.15, -0.1) is 6.42 Å². The highest BCUT2D eigenvalue weighted by Crippen LogP contribution is 2.67. The molecule has 0 N–H and O–H groups in total. The summed E-state index contributed by atoms with van der Waals surface area (Å²) in [4.78, 5) is 13.2. The highest BCUT2D eigenvalue weighted by Gasteiger charge is 2.61. The van der Waals surface area contributed by atoms with Gasteiger partial charge < -0.3 is 4.74 Å². The van der Waals surface area contributed by atoms with Crippen molar-refractivity contribution in [3.63, 3.8) is 0 Å². The topological polar surface area (TPSA) is 26.3 Å². The summed E-state index contributed by atoms with van der Waals surface area (Å²) < 4.78 is 20.2. The van der Waals surface area contributed by atoms with E-state index in [9.17, 15) is 9.18 Å². The summed E-state index contributed by atoms with van der Waals surface area (Å²) in [6, 6.07) is 6.78. The zero-order valence-corrected chi connectivity index (χ0v) is 17.3. The fourth-order valence-corrected chi connectivity index (χ4v) is 6.44. The van der Waals surface area contributed by atoms with Crippen LogP contribution in [0.25, 0.3) is 10.8 Å². The van der Waals surface area contributed by atoms with Crippen molar-refractivity contribution in [3.8, 4) is 18.1 Å². The molecule has 0 saturated heterocycles. The third-order valence-corrected chi connectivity index (χ3v) is 7.81. The monoisotopic (exact) mass is 390 g/mol. The van der Waals surface area contributed by atoms with Crippen LogP contribution in [0.4, 0.5) is 4.39 Å². The molecule has 0 aliphatic heterocycles. The summed E-state index contributed by atoms with van der Waals surface area (Å²) in [6.45, 7) is 6.16. The Bertz CT molecular complexity index is 1040. The summed E-state index contributed by atoms with van der Waals surface area (Å²) in [6.07, 6.45) is 10.1. The van der Waals surface area contributed by atoms with Crippen LogP contribution in [-0.2, 0) is 4.79 Å². The van der Waals surface area contributed by atoms with Gasteiger partial charge in [0.2, 0.25) is 0 Å². The predicted molar refractivity (Wildman–Crippen MR) is 112 cm³/mol. The molecule has 2 unspecified atom stereocenters. The number of carbonyl (C=O) groups excluding carboxylic acids is 1. The number of rotatable bonds is 3. The lowest BCUT2D eigenvalue weighted by Crippen LogP contribution is -2.59. The Morgan fingerprint density at radius 1 is 1.21 bits per heavy atom. The van der Waals surface area contributed by atoms with Crippen LogP contribution in [0.15, 0.2) is 24.3 Å². The lowest BCUT2D eigenvalue weighted by molar-refractivity contribution is -0.180. The molecule has 29 heavy (non-hydrogen) atoms. The molecule has 0 spiro atoms. The van der Waals surface area contributed by atoms with E-state index in [2.05, 4.69) is 12.8 Å². The first-order valence-electron chi connectivity index (χ1n) is 10.8. The molecule has 0 bridgehead atoms. The van der Waals surface area contributed by atoms with Crippen molar-refractivity contribution in [2.75, 3.05) is 0 Å². The van der Waals surface area contributed by atoms with Crippen molar-refractivity contribution >= 4 is 16.7 Å². The Morgan fingerprint density at radius 3 is 2.48 bits per heavy atom. The van der Waals surface area contributed by atoms with E-state index >= 15 is 0 Å². The van der Waals surface area contributed by atoms with E-state index in [-0.39, 0.29) is 17.5 Å². The van der Waals surface area contributed by atoms with E-state index in [0.29, 0.717) is 17.6 Å². The Labute approximate surface area is 171 Å². The molecule has 3 fully saturated rings. The highest BCUT2D eigenvalue weighted by atomic mass is 19.1. The summed E-state index contributed by atoms with van der Waals surface area (Å²) in [5.41, 5.74) is 0.781. The number of carbonyl (C=O) groups is 1. The van der Waals surface area contributed by atoms with Gasteiger partial charge in [0.1, 0.15) is 11.6 Å². The number of terminal acetylenes is 1. The van der Waals surface area contributed by atoms with E-state index in [0.717, 1.165) is 41.0 Å². The molecule has 2 atom stereocenters. The number of fused-ring (bicyclic) bond motifs is 1. The quantitative estimate of drug-likeness (QED) is 0.362. The summed E-state index contributed by atoms with van der Waals surface area (Å²) >= 11 is 0. The molecule has 0 heterocycles. The van der Waals surface area contributed by atoms with Crippen LogP contribution in [0.5, 0.6) is 5.75 Å². The molecule has 2 aromatic carbocycles. The van der Waals surface area contributed by atoms with E-state index in [1.54, 1.807) is 6.07 Å². The van der Waals surface area contributed by atoms with E-state index in [1.165, 1.54) is 18.9 Å². The van der Waals surface area contributed by atoms with Gasteiger partial charge in [-0.3, -0.25) is 4.79 Å². The molecular weight excluding hydrogens is 363 g/mol. The highest BCUT2D eigenvalue weighted by molar-refractivity contribution is 5.93. The van der Waals surface area contributed by atoms with Gasteiger partial charge in [0.05, 0.1) is 11.0 Å². The molecule has 2 nitrogen and oxygen atoms in total. The van der Waals surface area contributed by atoms with Crippen LogP contribution >= 0.6 is 0 Å². The number of benzene rings is 2. The van der Waals surface area contributed by atoms with Gasteiger partial charge in [-0.25, -0.2) is 4.39 Å². The molecule has 3 heteroatoms. The van der Waals surface area contributed by atoms with Crippen molar-refractivity contribution in [3.05, 3.63) is 41.2 Å². The third-order valence-electron chi connectivity index (χ3n) is 7.81. The van der Waals surface area contributed by atoms with Crippen LogP contribution in [0, 0.1) is 47.2 Å². The largest absolute Gasteiger partial charge is 0.426 e. The predicted octanol–water partition coefficient (Wildman–Crippen LogP) is 6.06. The van der Waals surface area contributed by atoms with Crippen molar-refractivity contribution in [1.82, 2.24) is 0 Å². The zero-order chi connectivity index (χ0) is 20.5. The van der Waals surface area contributed by atoms with E-state index in [4.69, 9.17) is 11.2 Å². The second-order valence-electron chi connectivity index (χ2n) is 10.0. The average molecular weight is 390 g/mol. The Hall–Kier alpha value is -2.34. The number of halogens is 1. The normalized spacial score (nSPS) is 32.1. The summed E-state index contributed by atoms with van der Waals surface area (Å²) in [5.74, 6) is 5.85. The number of hydrogen-bond acceptors (Lipinski definition) is 2. The maximum Gasteiger partial charge on any atom is 0.317 e. The Kier molecular flexibility index (Phi) is 4.07. The average Bonchev–Trinajstić information content (AvgIpc) is 2.64. The molecule has 0 aromatic heterocycles. The van der Waals surface area contributed by atoms with Gasteiger partial charge in [0.15, 0.2) is 0 Å². The minimum absolute atomic E-state index is 0.123. The molecule has 0 amide bonds. The lowest BCUT2D eigenvalue weighted by atomic mass is 9.40. The summed E-state index contributed by atoms with van der Waals surface area (Å²) in [5, 5.41) is 1.55. The van der Waals surface area contributed by atoms with E-state index < -0.39 is 11.2 Å². The Balaban J connectivity index is 1.48. The van der Waals surface area contributed by atoms with Crippen LogP contribution < -0.4 is 4.74 Å². The zero-order valence-electron chi connectivity index (χ0n) is 17.3. The molecule has 3 aliphatic rings. The number of hydrogen-bond donors (Lipinski definition) is 0. The number of ether oxygens (including phenoxy) is 1. The van der Waals surface area contributed by atoms with Gasteiger partial charge in [-0.2, -0.15) is 0 Å². The SMILES string of the molecule is C#Cc1c(F)ccc2cc(OC(=O)C3(C)CC4CC5CC(C3)C54)cc(C(C)C)c12. The van der Waals surface area contributed by atoms with Crippen LogP contribution in [-0.4, -0.2) is 5.97 Å². The Morgan fingerprint density at radius 2 is 1.90 bits per heavy atom. The van der Waals surface area contributed by atoms with Crippen molar-refractivity contribution < 1.29 is 13.9 Å². The van der Waals surface area contributed by atoms with Gasteiger partial charge in [-0.1, -0.05) is 25.8 Å². The molecule has 3 aliphatic carbocycles.